The van der Waals surface area contributed by atoms with E-state index in [4.69, 9.17) is 12.2 Å². The number of hydrogen-bond donors (Lipinski definition) is 1. The molecule has 0 aliphatic carbocycles. The molecule has 1 N–H and O–H groups in total. The molecule has 1 aromatic rings. The molecule has 0 heterocycles. The Morgan fingerprint density at radius 3 is 2.38 bits per heavy atom. The van der Waals surface area contributed by atoms with Gasteiger partial charge in [-0.2, -0.15) is 0 Å². The van der Waals surface area contributed by atoms with E-state index >= 15 is 0 Å². The number of carbonyl (C=O) groups excluding carboxylic acids is 1. The van der Waals surface area contributed by atoms with Crippen molar-refractivity contribution in [2.75, 3.05) is 0 Å². The van der Waals surface area contributed by atoms with E-state index in [9.17, 15) is 4.79 Å². The first-order valence-corrected chi connectivity index (χ1v) is 6.13. The maximum atomic E-state index is 11.9. The van der Waals surface area contributed by atoms with Gasteiger partial charge in [0.15, 0.2) is 0 Å². The lowest BCUT2D eigenvalue weighted by molar-refractivity contribution is 0.0974. The van der Waals surface area contributed by atoms with E-state index in [1.165, 1.54) is 0 Å². The molecular formula is C12H14BrNOS. The Bertz CT molecular complexity index is 423. The highest BCUT2D eigenvalue weighted by molar-refractivity contribution is 9.10. The minimum absolute atomic E-state index is 0.174. The summed E-state index contributed by atoms with van der Waals surface area (Å²) < 4.78 is 0.768. The van der Waals surface area contributed by atoms with Crippen LogP contribution in [-0.4, -0.2) is 10.9 Å². The number of hydrogen-bond acceptors (Lipinski definition) is 2. The Labute approximate surface area is 110 Å². The van der Waals surface area contributed by atoms with Crippen LogP contribution in [0.4, 0.5) is 0 Å². The normalized spacial score (nSPS) is 11.0. The number of benzene rings is 1. The van der Waals surface area contributed by atoms with Gasteiger partial charge in [-0.05, 0) is 28.1 Å². The summed E-state index contributed by atoms with van der Waals surface area (Å²) in [5.41, 5.74) is 0.390. The van der Waals surface area contributed by atoms with E-state index in [2.05, 4.69) is 21.2 Å². The van der Waals surface area contributed by atoms with Gasteiger partial charge in [-0.3, -0.25) is 4.79 Å². The lowest BCUT2D eigenvalue weighted by Crippen LogP contribution is -2.37. The van der Waals surface area contributed by atoms with E-state index in [1.807, 2.05) is 39.0 Å². The van der Waals surface area contributed by atoms with Crippen LogP contribution in [0.5, 0.6) is 0 Å². The van der Waals surface area contributed by atoms with Crippen molar-refractivity contribution >= 4 is 39.0 Å². The molecule has 0 fully saturated rings. The Balaban J connectivity index is 2.82. The molecule has 0 spiro atoms. The summed E-state index contributed by atoms with van der Waals surface area (Å²) >= 11 is 8.50. The second-order valence-electron chi connectivity index (χ2n) is 4.51. The third-order valence-corrected chi connectivity index (χ3v) is 3.43. The highest BCUT2D eigenvalue weighted by Gasteiger charge is 2.20. The van der Waals surface area contributed by atoms with Gasteiger partial charge in [0.2, 0.25) is 0 Å². The zero-order valence-electron chi connectivity index (χ0n) is 9.50. The number of halogens is 1. The maximum absolute atomic E-state index is 11.9. The minimum Gasteiger partial charge on any atom is -0.316 e. The number of carbonyl (C=O) groups is 1. The molecule has 0 bridgehead atoms. The fourth-order valence-electron chi connectivity index (χ4n) is 1.00. The smallest absolute Gasteiger partial charge is 0.257 e. The summed E-state index contributed by atoms with van der Waals surface area (Å²) in [7, 11) is 0. The second kappa shape index (κ2) is 5.06. The predicted molar refractivity (Wildman–Crippen MR) is 73.7 cm³/mol. The minimum atomic E-state index is -0.202. The van der Waals surface area contributed by atoms with Gasteiger partial charge in [0.1, 0.15) is 0 Å². The van der Waals surface area contributed by atoms with Crippen molar-refractivity contribution in [3.63, 3.8) is 0 Å². The van der Waals surface area contributed by atoms with Crippen LogP contribution in [0.1, 0.15) is 31.1 Å². The zero-order valence-corrected chi connectivity index (χ0v) is 11.9. The lowest BCUT2D eigenvalue weighted by atomic mass is 9.96. The topological polar surface area (TPSA) is 29.1 Å². The van der Waals surface area contributed by atoms with Gasteiger partial charge in [-0.25, -0.2) is 0 Å². The van der Waals surface area contributed by atoms with Crippen molar-refractivity contribution in [2.24, 2.45) is 5.41 Å². The largest absolute Gasteiger partial charge is 0.316 e. The molecule has 0 aliphatic rings. The second-order valence-corrected chi connectivity index (χ2v) is 5.78. The summed E-state index contributed by atoms with van der Waals surface area (Å²) in [4.78, 5) is 12.4. The van der Waals surface area contributed by atoms with Crippen LogP contribution < -0.4 is 5.32 Å². The van der Waals surface area contributed by atoms with Crippen molar-refractivity contribution in [2.45, 2.75) is 20.8 Å². The molecule has 1 rings (SSSR count). The average molecular weight is 300 g/mol. The molecule has 1 amide bonds. The third-order valence-electron chi connectivity index (χ3n) is 2.03. The number of rotatable bonds is 1. The van der Waals surface area contributed by atoms with Crippen molar-refractivity contribution in [3.8, 4) is 0 Å². The van der Waals surface area contributed by atoms with Crippen LogP contribution in [-0.2, 0) is 0 Å². The van der Waals surface area contributed by atoms with Gasteiger partial charge in [0, 0.05) is 9.89 Å². The summed E-state index contributed by atoms with van der Waals surface area (Å²) in [5, 5.41) is 2.74. The first-order chi connectivity index (χ1) is 7.32. The maximum Gasteiger partial charge on any atom is 0.257 e. The number of nitrogens with one attached hydrogen (secondary N) is 1. The number of amides is 1. The van der Waals surface area contributed by atoms with Crippen molar-refractivity contribution in [1.29, 1.82) is 0 Å². The monoisotopic (exact) mass is 299 g/mol. The van der Waals surface area contributed by atoms with Gasteiger partial charge >= 0.3 is 0 Å². The zero-order chi connectivity index (χ0) is 12.3. The van der Waals surface area contributed by atoms with Gasteiger partial charge < -0.3 is 5.32 Å². The van der Waals surface area contributed by atoms with Gasteiger partial charge in [0.05, 0.1) is 10.6 Å². The van der Waals surface area contributed by atoms with Crippen molar-refractivity contribution < 1.29 is 4.79 Å². The lowest BCUT2D eigenvalue weighted by Gasteiger charge is -2.20. The van der Waals surface area contributed by atoms with E-state index in [-0.39, 0.29) is 11.3 Å². The van der Waals surface area contributed by atoms with Gasteiger partial charge in [0.25, 0.3) is 5.91 Å². The Kier molecular flexibility index (Phi) is 4.21. The van der Waals surface area contributed by atoms with Crippen molar-refractivity contribution in [1.82, 2.24) is 5.32 Å². The van der Waals surface area contributed by atoms with Crippen LogP contribution >= 0.6 is 28.1 Å². The van der Waals surface area contributed by atoms with Crippen LogP contribution in [0, 0.1) is 5.41 Å². The standard InChI is InChI=1S/C12H14BrNOS/c1-12(2,3)11(16)14-10(15)8-6-4-5-7-9(8)13/h4-7H,1-3H3,(H,14,15,16). The Morgan fingerprint density at radius 1 is 1.31 bits per heavy atom. The first kappa shape index (κ1) is 13.3. The highest BCUT2D eigenvalue weighted by Crippen LogP contribution is 2.18. The first-order valence-electron chi connectivity index (χ1n) is 4.92. The molecule has 0 saturated carbocycles. The van der Waals surface area contributed by atoms with E-state index < -0.39 is 0 Å². The van der Waals surface area contributed by atoms with E-state index in [0.717, 1.165) is 4.47 Å². The van der Waals surface area contributed by atoms with Crippen LogP contribution in [0.15, 0.2) is 28.7 Å². The predicted octanol–water partition coefficient (Wildman–Crippen LogP) is 3.55. The molecule has 86 valence electrons. The molecule has 2 nitrogen and oxygen atoms in total. The fraction of sp³-hybridized carbons (Fsp3) is 0.333. The van der Waals surface area contributed by atoms with Gasteiger partial charge in [-0.15, -0.1) is 0 Å². The molecule has 0 saturated heterocycles. The summed E-state index contributed by atoms with van der Waals surface area (Å²) in [6.45, 7) is 5.90. The average Bonchev–Trinajstić information content (AvgIpc) is 2.16. The summed E-state index contributed by atoms with van der Waals surface area (Å²) in [5.74, 6) is -0.174. The number of thiocarbonyl (C=S) groups is 1. The highest BCUT2D eigenvalue weighted by atomic mass is 79.9. The van der Waals surface area contributed by atoms with E-state index in [0.29, 0.717) is 10.6 Å². The molecule has 16 heavy (non-hydrogen) atoms. The molecular weight excluding hydrogens is 286 g/mol. The summed E-state index contributed by atoms with van der Waals surface area (Å²) in [6.07, 6.45) is 0. The quantitative estimate of drug-likeness (QED) is 0.804. The SMILES string of the molecule is CC(C)(C)C(=S)NC(=O)c1ccccc1Br. The van der Waals surface area contributed by atoms with Crippen LogP contribution in [0.25, 0.3) is 0 Å². The molecule has 0 unspecified atom stereocenters. The third kappa shape index (κ3) is 3.39. The Morgan fingerprint density at radius 2 is 1.88 bits per heavy atom. The molecule has 0 atom stereocenters. The molecule has 0 radical (unpaired) electrons. The van der Waals surface area contributed by atoms with E-state index in [1.54, 1.807) is 6.07 Å². The van der Waals surface area contributed by atoms with Crippen LogP contribution in [0.3, 0.4) is 0 Å². The molecule has 4 heteroatoms. The fourth-order valence-corrected chi connectivity index (χ4v) is 1.56. The Hall–Kier alpha value is -0.740. The molecule has 0 aromatic heterocycles. The molecule has 1 aromatic carbocycles. The van der Waals surface area contributed by atoms with Gasteiger partial charge in [-0.1, -0.05) is 45.1 Å². The van der Waals surface area contributed by atoms with Crippen molar-refractivity contribution in [3.05, 3.63) is 34.3 Å². The molecule has 0 aliphatic heterocycles. The summed E-state index contributed by atoms with van der Waals surface area (Å²) in [6, 6.07) is 7.27. The van der Waals surface area contributed by atoms with Crippen LogP contribution in [0.2, 0.25) is 0 Å².